The van der Waals surface area contributed by atoms with Crippen LogP contribution in [0, 0.1) is 0 Å². The lowest BCUT2D eigenvalue weighted by Gasteiger charge is -2.09. The van der Waals surface area contributed by atoms with E-state index in [4.69, 9.17) is 0 Å². The van der Waals surface area contributed by atoms with E-state index in [1.807, 2.05) is 12.4 Å². The maximum absolute atomic E-state index is 4.35. The average molecular weight is 254 g/mol. The van der Waals surface area contributed by atoms with Crippen molar-refractivity contribution in [1.82, 2.24) is 20.2 Å². The molecule has 0 aliphatic carbocycles. The summed E-state index contributed by atoms with van der Waals surface area (Å²) in [7, 11) is 4.14. The van der Waals surface area contributed by atoms with Crippen LogP contribution in [0.2, 0.25) is 0 Å². The van der Waals surface area contributed by atoms with Gasteiger partial charge in [0.1, 0.15) is 0 Å². The van der Waals surface area contributed by atoms with Crippen molar-refractivity contribution in [2.75, 3.05) is 26.4 Å². The van der Waals surface area contributed by atoms with Crippen LogP contribution in [0.1, 0.15) is 19.4 Å². The van der Waals surface area contributed by atoms with Gasteiger partial charge < -0.3 is 10.2 Å². The third-order valence-electron chi connectivity index (χ3n) is 2.17. The van der Waals surface area contributed by atoms with Gasteiger partial charge in [-0.25, -0.2) is 9.97 Å². The molecule has 1 rings (SSSR count). The van der Waals surface area contributed by atoms with Gasteiger partial charge in [0, 0.05) is 42.8 Å². The summed E-state index contributed by atoms with van der Waals surface area (Å²) in [5, 5.41) is 4.21. The normalized spacial score (nSPS) is 11.4. The second kappa shape index (κ2) is 7.63. The van der Waals surface area contributed by atoms with Gasteiger partial charge in [0.2, 0.25) is 0 Å². The minimum absolute atomic E-state index is 0.490. The summed E-state index contributed by atoms with van der Waals surface area (Å²) >= 11 is 1.70. The minimum Gasteiger partial charge on any atom is -0.310 e. The number of hydrogen-bond acceptors (Lipinski definition) is 5. The second-order valence-electron chi connectivity index (χ2n) is 4.56. The maximum atomic E-state index is 4.35. The quantitative estimate of drug-likeness (QED) is 0.591. The molecule has 0 bridgehead atoms. The van der Waals surface area contributed by atoms with Gasteiger partial charge in [-0.15, -0.1) is 0 Å². The fourth-order valence-electron chi connectivity index (χ4n) is 1.15. The molecule has 0 amide bonds. The van der Waals surface area contributed by atoms with Gasteiger partial charge in [0.25, 0.3) is 0 Å². The van der Waals surface area contributed by atoms with Crippen molar-refractivity contribution in [2.45, 2.75) is 31.6 Å². The average Bonchev–Trinajstić information content (AvgIpc) is 2.27. The fraction of sp³-hybridized carbons (Fsp3) is 0.667. The zero-order chi connectivity index (χ0) is 12.7. The van der Waals surface area contributed by atoms with E-state index in [0.717, 1.165) is 29.6 Å². The molecule has 0 saturated heterocycles. The van der Waals surface area contributed by atoms with Gasteiger partial charge in [0.05, 0.1) is 0 Å². The van der Waals surface area contributed by atoms with E-state index in [2.05, 4.69) is 48.1 Å². The lowest BCUT2D eigenvalue weighted by Crippen LogP contribution is -2.22. The number of nitrogens with zero attached hydrogens (tertiary/aromatic N) is 3. The van der Waals surface area contributed by atoms with Crippen molar-refractivity contribution in [3.8, 4) is 0 Å². The Morgan fingerprint density at radius 2 is 1.94 bits per heavy atom. The van der Waals surface area contributed by atoms with Crippen molar-refractivity contribution >= 4 is 11.8 Å². The molecule has 0 radical (unpaired) electrons. The Kier molecular flexibility index (Phi) is 6.47. The molecule has 0 unspecified atom stereocenters. The highest BCUT2D eigenvalue weighted by molar-refractivity contribution is 7.99. The molecule has 5 heteroatoms. The van der Waals surface area contributed by atoms with Crippen molar-refractivity contribution in [3.05, 3.63) is 18.0 Å². The first kappa shape index (κ1) is 14.4. The van der Waals surface area contributed by atoms with Crippen LogP contribution in [-0.2, 0) is 6.54 Å². The topological polar surface area (TPSA) is 41.1 Å². The van der Waals surface area contributed by atoms with Crippen LogP contribution in [0.3, 0.4) is 0 Å². The molecular formula is C12H22N4S. The number of thioether (sulfide) groups is 1. The third-order valence-corrected chi connectivity index (χ3v) is 3.02. The lowest BCUT2D eigenvalue weighted by molar-refractivity contribution is 0.437. The summed E-state index contributed by atoms with van der Waals surface area (Å²) in [6, 6.07) is 0.490. The van der Waals surface area contributed by atoms with Gasteiger partial charge in [-0.2, -0.15) is 0 Å². The SMILES string of the molecule is CC(C)NCc1cnc(SCCN(C)C)nc1. The molecule has 0 aliphatic heterocycles. The van der Waals surface area contributed by atoms with Gasteiger partial charge in [0.15, 0.2) is 5.16 Å². The van der Waals surface area contributed by atoms with E-state index in [1.54, 1.807) is 11.8 Å². The minimum atomic E-state index is 0.490. The summed E-state index contributed by atoms with van der Waals surface area (Å²) in [4.78, 5) is 10.9. The van der Waals surface area contributed by atoms with Crippen LogP contribution in [0.5, 0.6) is 0 Å². The molecule has 1 N–H and O–H groups in total. The van der Waals surface area contributed by atoms with Crippen LogP contribution in [-0.4, -0.2) is 47.3 Å². The Balaban J connectivity index is 2.34. The van der Waals surface area contributed by atoms with Crippen LogP contribution >= 0.6 is 11.8 Å². The Labute approximate surface area is 108 Å². The lowest BCUT2D eigenvalue weighted by atomic mass is 10.3. The first-order valence-corrected chi connectivity index (χ1v) is 6.88. The standard InChI is InChI=1S/C12H22N4S/c1-10(2)13-7-11-8-14-12(15-9-11)17-6-5-16(3)4/h8-10,13H,5-7H2,1-4H3. The van der Waals surface area contributed by atoms with E-state index < -0.39 is 0 Å². The maximum Gasteiger partial charge on any atom is 0.187 e. The highest BCUT2D eigenvalue weighted by Gasteiger charge is 2.00. The molecule has 1 aromatic rings. The van der Waals surface area contributed by atoms with E-state index in [0.29, 0.717) is 6.04 Å². The summed E-state index contributed by atoms with van der Waals surface area (Å²) in [6.07, 6.45) is 3.81. The van der Waals surface area contributed by atoms with Crippen LogP contribution in [0.4, 0.5) is 0 Å². The second-order valence-corrected chi connectivity index (χ2v) is 5.62. The van der Waals surface area contributed by atoms with Crippen molar-refractivity contribution in [2.24, 2.45) is 0 Å². The molecule has 1 aromatic heterocycles. The molecule has 0 atom stereocenters. The number of rotatable bonds is 7. The molecule has 0 spiro atoms. The predicted molar refractivity (Wildman–Crippen MR) is 73.3 cm³/mol. The predicted octanol–water partition coefficient (Wildman–Crippen LogP) is 1.63. The first-order chi connectivity index (χ1) is 8.08. The van der Waals surface area contributed by atoms with Crippen LogP contribution < -0.4 is 5.32 Å². The zero-order valence-electron chi connectivity index (χ0n) is 11.1. The van der Waals surface area contributed by atoms with Gasteiger partial charge in [-0.1, -0.05) is 25.6 Å². The summed E-state index contributed by atoms with van der Waals surface area (Å²) in [5.74, 6) is 1.02. The first-order valence-electron chi connectivity index (χ1n) is 5.89. The molecule has 4 nitrogen and oxygen atoms in total. The van der Waals surface area contributed by atoms with Crippen molar-refractivity contribution in [3.63, 3.8) is 0 Å². The van der Waals surface area contributed by atoms with Crippen LogP contribution in [0.25, 0.3) is 0 Å². The number of aromatic nitrogens is 2. The smallest absolute Gasteiger partial charge is 0.187 e. The Morgan fingerprint density at radius 3 is 2.47 bits per heavy atom. The highest BCUT2D eigenvalue weighted by Crippen LogP contribution is 2.11. The molecule has 0 aliphatic rings. The summed E-state index contributed by atoms with van der Waals surface area (Å²) in [5.41, 5.74) is 1.13. The zero-order valence-corrected chi connectivity index (χ0v) is 11.9. The molecule has 1 heterocycles. The molecule has 0 saturated carbocycles. The Bertz CT molecular complexity index is 311. The number of hydrogen-bond donors (Lipinski definition) is 1. The molecule has 0 aromatic carbocycles. The van der Waals surface area contributed by atoms with E-state index in [1.165, 1.54) is 0 Å². The summed E-state index contributed by atoms with van der Waals surface area (Å²) in [6.45, 7) is 6.14. The van der Waals surface area contributed by atoms with Crippen molar-refractivity contribution < 1.29 is 0 Å². The van der Waals surface area contributed by atoms with Crippen LogP contribution in [0.15, 0.2) is 17.6 Å². The monoisotopic (exact) mass is 254 g/mol. The summed E-state index contributed by atoms with van der Waals surface area (Å²) < 4.78 is 0. The molecular weight excluding hydrogens is 232 g/mol. The Morgan fingerprint density at radius 1 is 1.29 bits per heavy atom. The fourth-order valence-corrected chi connectivity index (χ4v) is 2.04. The molecule has 0 fully saturated rings. The molecule has 96 valence electrons. The van der Waals surface area contributed by atoms with E-state index in [-0.39, 0.29) is 0 Å². The number of nitrogens with one attached hydrogen (secondary N) is 1. The van der Waals surface area contributed by atoms with Gasteiger partial charge in [-0.3, -0.25) is 0 Å². The van der Waals surface area contributed by atoms with E-state index in [9.17, 15) is 0 Å². The van der Waals surface area contributed by atoms with Gasteiger partial charge in [-0.05, 0) is 14.1 Å². The molecule has 17 heavy (non-hydrogen) atoms. The van der Waals surface area contributed by atoms with E-state index >= 15 is 0 Å². The third kappa shape index (κ3) is 6.61. The Hall–Kier alpha value is -0.650. The largest absolute Gasteiger partial charge is 0.310 e. The van der Waals surface area contributed by atoms with Gasteiger partial charge >= 0.3 is 0 Å². The van der Waals surface area contributed by atoms with Crippen molar-refractivity contribution in [1.29, 1.82) is 0 Å². The highest BCUT2D eigenvalue weighted by atomic mass is 32.2.